The van der Waals surface area contributed by atoms with E-state index in [1.54, 1.807) is 58.2 Å². The van der Waals surface area contributed by atoms with Crippen LogP contribution in [0, 0.1) is 6.92 Å². The van der Waals surface area contributed by atoms with E-state index in [0.717, 1.165) is 11.3 Å². The predicted octanol–water partition coefficient (Wildman–Crippen LogP) is 6.97. The molecule has 6 N–H and O–H groups in total. The number of carbonyl (C=O) groups is 5. The molecule has 3 rings (SSSR count). The number of anilines is 2. The van der Waals surface area contributed by atoms with Gasteiger partial charge in [-0.25, -0.2) is 18.0 Å². The zero-order valence-electron chi connectivity index (χ0n) is 31.6. The number of nitrogens with two attached hydrogens (primary N) is 1. The Hall–Kier alpha value is -4.94. The molecule has 0 bridgehead atoms. The Kier molecular flexibility index (Phi) is 16.3. The van der Waals surface area contributed by atoms with Crippen molar-refractivity contribution in [3.8, 4) is 11.1 Å². The summed E-state index contributed by atoms with van der Waals surface area (Å²) in [4.78, 5) is 64.4. The first-order chi connectivity index (χ1) is 25.8. The van der Waals surface area contributed by atoms with E-state index in [0.29, 0.717) is 52.4 Å². The monoisotopic (exact) mass is 817 g/mol. The van der Waals surface area contributed by atoms with Gasteiger partial charge in [-0.2, -0.15) is 4.99 Å². The minimum atomic E-state index is -4.16. The van der Waals surface area contributed by atoms with Crippen molar-refractivity contribution in [2.24, 2.45) is 10.7 Å². The third-order valence-corrected chi connectivity index (χ3v) is 12.0. The van der Waals surface area contributed by atoms with E-state index in [-0.39, 0.29) is 51.9 Å². The van der Waals surface area contributed by atoms with E-state index >= 15 is 0 Å². The Morgan fingerprint density at radius 1 is 0.964 bits per heavy atom. The zero-order valence-corrected chi connectivity index (χ0v) is 34.0. The molecule has 15 nitrogen and oxygen atoms in total. The lowest BCUT2D eigenvalue weighted by Crippen LogP contribution is -2.29. The lowest BCUT2D eigenvalue weighted by molar-refractivity contribution is -0.141. The van der Waals surface area contributed by atoms with Gasteiger partial charge in [0.1, 0.15) is 11.4 Å². The molecule has 3 aromatic rings. The van der Waals surface area contributed by atoms with E-state index in [1.807, 2.05) is 0 Å². The molecule has 0 saturated carbocycles. The summed E-state index contributed by atoms with van der Waals surface area (Å²) in [5.41, 5.74) is 7.48. The molecule has 4 amide bonds. The highest BCUT2D eigenvalue weighted by atomic mass is 32.2. The SMILES string of the molecule is COC(=O)CCCC(=O)Nc1cc(NC(=O)NCCCCCC(=O)O)cc(C)c1-c1cccc(S(=O)(=O)c2cc(/C(N)=N\C(=O)OC(C)(C)C)sc2SC)c1. The van der Waals surface area contributed by atoms with E-state index in [9.17, 15) is 32.4 Å². The van der Waals surface area contributed by atoms with Gasteiger partial charge in [0.2, 0.25) is 15.7 Å². The number of hydrogen-bond acceptors (Lipinski definition) is 11. The molecule has 0 unspecified atom stereocenters. The van der Waals surface area contributed by atoms with Gasteiger partial charge >= 0.3 is 24.1 Å². The van der Waals surface area contributed by atoms with Gasteiger partial charge in [0.15, 0.2) is 0 Å². The molecule has 0 radical (unpaired) electrons. The second-order valence-electron chi connectivity index (χ2n) is 13.3. The number of aliphatic imine (C=N–C) groups is 1. The van der Waals surface area contributed by atoms with Crippen LogP contribution < -0.4 is 21.7 Å². The number of ether oxygens (including phenoxy) is 2. The highest BCUT2D eigenvalue weighted by molar-refractivity contribution is 8.01. The number of nitrogens with zero attached hydrogens (tertiary/aromatic N) is 1. The van der Waals surface area contributed by atoms with Crippen LogP contribution >= 0.6 is 23.1 Å². The van der Waals surface area contributed by atoms with Crippen LogP contribution in [0.5, 0.6) is 0 Å². The minimum absolute atomic E-state index is 0.0136. The predicted molar refractivity (Wildman–Crippen MR) is 213 cm³/mol. The third-order valence-electron chi connectivity index (χ3n) is 7.66. The number of nitrogens with one attached hydrogen (secondary N) is 3. The number of carboxylic acids is 1. The molecular weight excluding hydrogens is 771 g/mol. The Balaban J connectivity index is 1.98. The second kappa shape index (κ2) is 20.1. The van der Waals surface area contributed by atoms with Crippen LogP contribution in [0.15, 0.2) is 61.5 Å². The molecule has 1 aromatic heterocycles. The first-order valence-corrected chi connectivity index (χ1v) is 20.8. The van der Waals surface area contributed by atoms with Gasteiger partial charge in [0, 0.05) is 37.1 Å². The third kappa shape index (κ3) is 13.7. The number of urea groups is 1. The number of thiophene rings is 1. The van der Waals surface area contributed by atoms with Crippen molar-refractivity contribution in [2.75, 3.05) is 30.5 Å². The first kappa shape index (κ1) is 44.5. The number of thioether (sulfide) groups is 1. The number of rotatable bonds is 17. The summed E-state index contributed by atoms with van der Waals surface area (Å²) in [5.74, 6) is -1.94. The van der Waals surface area contributed by atoms with Crippen molar-refractivity contribution in [1.82, 2.24) is 5.32 Å². The number of amides is 4. The molecule has 1 heterocycles. The van der Waals surface area contributed by atoms with Gasteiger partial charge in [-0.15, -0.1) is 23.1 Å². The molecule has 0 aliphatic heterocycles. The second-order valence-corrected chi connectivity index (χ2v) is 17.3. The molecule has 0 fully saturated rings. The van der Waals surface area contributed by atoms with Gasteiger partial charge in [-0.3, -0.25) is 14.4 Å². The van der Waals surface area contributed by atoms with Crippen LogP contribution in [-0.2, 0) is 33.7 Å². The Bertz CT molecular complexity index is 2040. The van der Waals surface area contributed by atoms with Crippen LogP contribution in [0.1, 0.15) is 76.2 Å². The van der Waals surface area contributed by atoms with Gasteiger partial charge < -0.3 is 36.3 Å². The number of sulfone groups is 1. The van der Waals surface area contributed by atoms with Crippen LogP contribution in [-0.4, -0.2) is 74.8 Å². The van der Waals surface area contributed by atoms with Crippen LogP contribution in [0.25, 0.3) is 11.1 Å². The number of esters is 1. The molecule has 2 aromatic carbocycles. The summed E-state index contributed by atoms with van der Waals surface area (Å²) in [7, 11) is -2.90. The van der Waals surface area contributed by atoms with Gasteiger partial charge in [0.25, 0.3) is 0 Å². The zero-order chi connectivity index (χ0) is 40.9. The Morgan fingerprint density at radius 3 is 2.35 bits per heavy atom. The number of carbonyl (C=O) groups excluding carboxylic acids is 4. The molecule has 0 spiro atoms. The van der Waals surface area contributed by atoms with Crippen molar-refractivity contribution >= 4 is 80.1 Å². The van der Waals surface area contributed by atoms with Gasteiger partial charge in [-0.05, 0) is 94.7 Å². The number of benzene rings is 2. The number of aryl methyl sites for hydroxylation is 1. The Labute approximate surface area is 328 Å². The van der Waals surface area contributed by atoms with Crippen LogP contribution in [0.4, 0.5) is 21.0 Å². The van der Waals surface area contributed by atoms with Gasteiger partial charge in [0.05, 0.1) is 31.7 Å². The van der Waals surface area contributed by atoms with Crippen LogP contribution in [0.2, 0.25) is 0 Å². The maximum atomic E-state index is 14.2. The summed E-state index contributed by atoms with van der Waals surface area (Å²) < 4.78 is 38.6. The smallest absolute Gasteiger partial charge is 0.436 e. The highest BCUT2D eigenvalue weighted by Gasteiger charge is 2.27. The number of methoxy groups -OCH3 is 1. The maximum absolute atomic E-state index is 14.2. The first-order valence-electron chi connectivity index (χ1n) is 17.2. The van der Waals surface area contributed by atoms with Crippen molar-refractivity contribution in [3.05, 3.63) is 52.9 Å². The number of aliphatic carboxylic acids is 1. The van der Waals surface area contributed by atoms with E-state index < -0.39 is 45.4 Å². The van der Waals surface area contributed by atoms with E-state index in [1.165, 1.54) is 37.1 Å². The molecule has 298 valence electrons. The fraction of sp³-hybridized carbons (Fsp3) is 0.405. The van der Waals surface area contributed by atoms with Gasteiger partial charge in [-0.1, -0.05) is 18.6 Å². The lowest BCUT2D eigenvalue weighted by atomic mass is 9.97. The molecule has 0 aliphatic carbocycles. The van der Waals surface area contributed by atoms with Crippen molar-refractivity contribution in [1.29, 1.82) is 0 Å². The van der Waals surface area contributed by atoms with E-state index in [2.05, 4.69) is 25.7 Å². The highest BCUT2D eigenvalue weighted by Crippen LogP contribution is 2.40. The fourth-order valence-corrected chi connectivity index (χ4v) is 9.14. The summed E-state index contributed by atoms with van der Waals surface area (Å²) in [6.45, 7) is 7.11. The van der Waals surface area contributed by atoms with Crippen molar-refractivity contribution < 1.29 is 47.0 Å². The maximum Gasteiger partial charge on any atom is 0.436 e. The number of amidine groups is 1. The van der Waals surface area contributed by atoms with Crippen LogP contribution in [0.3, 0.4) is 0 Å². The standard InChI is InChI=1S/C37H47N5O10S3/c1-22-18-24(40-35(47)39-17-9-7-8-15-30(44)45)20-26(41-29(43)14-11-16-31(46)51-5)32(22)23-12-10-13-25(19-23)55(49,50)28-21-27(54-34(28)53-6)33(38)42-36(48)52-37(2,3)4/h10,12-13,18-21H,7-9,11,14-17H2,1-6H3,(H,41,43)(H,44,45)(H2,38,42,48)(H2,39,40,47). The average Bonchev–Trinajstić information content (AvgIpc) is 3.54. The summed E-state index contributed by atoms with van der Waals surface area (Å²) in [6.07, 6.45) is 2.82. The van der Waals surface area contributed by atoms with E-state index in [4.69, 9.17) is 15.6 Å². The topological polar surface area (TPSA) is 233 Å². The Morgan fingerprint density at radius 2 is 1.69 bits per heavy atom. The van der Waals surface area contributed by atoms with Crippen molar-refractivity contribution in [3.63, 3.8) is 0 Å². The van der Waals surface area contributed by atoms with Crippen molar-refractivity contribution in [2.45, 2.75) is 92.2 Å². The molecule has 0 atom stereocenters. The number of hydrogen-bond donors (Lipinski definition) is 5. The molecular formula is C37H47N5O10S3. The molecule has 0 aliphatic rings. The summed E-state index contributed by atoms with van der Waals surface area (Å²) >= 11 is 2.27. The lowest BCUT2D eigenvalue weighted by Gasteiger charge is -2.18. The quantitative estimate of drug-likeness (QED) is 0.0306. The number of unbranched alkanes of at least 4 members (excludes halogenated alkanes) is 2. The summed E-state index contributed by atoms with van der Waals surface area (Å²) in [5, 5.41) is 17.1. The average molecular weight is 818 g/mol. The fourth-order valence-electron chi connectivity index (χ4n) is 5.20. The minimum Gasteiger partial charge on any atom is -0.481 e. The number of carboxylic acid groups (broad SMARTS) is 1. The molecule has 55 heavy (non-hydrogen) atoms. The molecule has 0 saturated heterocycles. The summed E-state index contributed by atoms with van der Waals surface area (Å²) in [6, 6.07) is 10.3. The molecule has 18 heteroatoms. The normalized spacial score (nSPS) is 11.8. The largest absolute Gasteiger partial charge is 0.481 e.